The maximum Gasteiger partial charge on any atom is 0.0650 e. The molecule has 0 saturated carbocycles. The lowest BCUT2D eigenvalue weighted by Crippen LogP contribution is -1.99. The first-order valence-corrected chi connectivity index (χ1v) is 5.74. The molecule has 3 rings (SSSR count). The van der Waals surface area contributed by atoms with Crippen molar-refractivity contribution in [3.63, 3.8) is 0 Å². The SMILES string of the molecule is c1cc(NCc2ccn[nH]2)cc(-c2ccn[nH]2)c1. The van der Waals surface area contributed by atoms with Crippen molar-refractivity contribution in [3.8, 4) is 11.3 Å². The summed E-state index contributed by atoms with van der Waals surface area (Å²) >= 11 is 0. The van der Waals surface area contributed by atoms with Crippen LogP contribution >= 0.6 is 0 Å². The molecule has 3 N–H and O–H groups in total. The van der Waals surface area contributed by atoms with E-state index in [-0.39, 0.29) is 0 Å². The molecule has 0 saturated heterocycles. The Balaban J connectivity index is 1.75. The van der Waals surface area contributed by atoms with E-state index in [1.54, 1.807) is 12.4 Å². The molecule has 5 nitrogen and oxygen atoms in total. The molecule has 0 unspecified atom stereocenters. The fourth-order valence-electron chi connectivity index (χ4n) is 1.79. The third kappa shape index (κ3) is 2.24. The van der Waals surface area contributed by atoms with Gasteiger partial charge >= 0.3 is 0 Å². The van der Waals surface area contributed by atoms with Gasteiger partial charge in [0.15, 0.2) is 0 Å². The van der Waals surface area contributed by atoms with Crippen molar-refractivity contribution in [2.24, 2.45) is 0 Å². The second kappa shape index (κ2) is 4.75. The Morgan fingerprint density at radius 1 is 1.00 bits per heavy atom. The van der Waals surface area contributed by atoms with Gasteiger partial charge in [-0.2, -0.15) is 10.2 Å². The number of H-pyrrole nitrogens is 2. The van der Waals surface area contributed by atoms with Gasteiger partial charge in [-0.3, -0.25) is 10.2 Å². The average Bonchev–Trinajstić information content (AvgIpc) is 3.10. The molecule has 0 fully saturated rings. The van der Waals surface area contributed by atoms with E-state index in [1.165, 1.54) is 0 Å². The van der Waals surface area contributed by atoms with Crippen LogP contribution in [0.3, 0.4) is 0 Å². The molecule has 5 heteroatoms. The Morgan fingerprint density at radius 2 is 1.89 bits per heavy atom. The van der Waals surface area contributed by atoms with Crippen molar-refractivity contribution in [1.82, 2.24) is 20.4 Å². The first kappa shape index (κ1) is 10.6. The third-order valence-electron chi connectivity index (χ3n) is 2.72. The molecule has 0 aliphatic carbocycles. The second-order valence-electron chi connectivity index (χ2n) is 3.99. The maximum atomic E-state index is 3.96. The molecule has 18 heavy (non-hydrogen) atoms. The van der Waals surface area contributed by atoms with E-state index in [0.29, 0.717) is 0 Å². The monoisotopic (exact) mass is 239 g/mol. The van der Waals surface area contributed by atoms with Crippen LogP contribution in [-0.2, 0) is 6.54 Å². The van der Waals surface area contributed by atoms with Crippen LogP contribution in [0.2, 0.25) is 0 Å². The van der Waals surface area contributed by atoms with Gasteiger partial charge in [0, 0.05) is 23.6 Å². The van der Waals surface area contributed by atoms with E-state index in [0.717, 1.165) is 29.2 Å². The van der Waals surface area contributed by atoms with Crippen molar-refractivity contribution < 1.29 is 0 Å². The van der Waals surface area contributed by atoms with Gasteiger partial charge in [-0.25, -0.2) is 0 Å². The van der Waals surface area contributed by atoms with Gasteiger partial charge in [0.1, 0.15) is 0 Å². The molecule has 3 aromatic rings. The quantitative estimate of drug-likeness (QED) is 0.654. The summed E-state index contributed by atoms with van der Waals surface area (Å²) in [6.07, 6.45) is 3.50. The fraction of sp³-hybridized carbons (Fsp3) is 0.0769. The standard InChI is InChI=1S/C13H13N5/c1-2-10(13-5-7-16-18-13)8-11(3-1)14-9-12-4-6-15-17-12/h1-8,14H,9H2,(H,15,17)(H,16,18). The summed E-state index contributed by atoms with van der Waals surface area (Å²) < 4.78 is 0. The Labute approximate surface area is 104 Å². The minimum atomic E-state index is 0.729. The van der Waals surface area contributed by atoms with Gasteiger partial charge in [-0.05, 0) is 24.3 Å². The molecule has 2 heterocycles. The van der Waals surface area contributed by atoms with Gasteiger partial charge < -0.3 is 5.32 Å². The zero-order valence-electron chi connectivity index (χ0n) is 9.72. The molecule has 0 radical (unpaired) electrons. The van der Waals surface area contributed by atoms with E-state index in [4.69, 9.17) is 0 Å². The molecular formula is C13H13N5. The minimum absolute atomic E-state index is 0.729. The zero-order valence-corrected chi connectivity index (χ0v) is 9.72. The zero-order chi connectivity index (χ0) is 12.2. The Kier molecular flexibility index (Phi) is 2.79. The number of hydrogen-bond acceptors (Lipinski definition) is 3. The number of aromatic amines is 2. The highest BCUT2D eigenvalue weighted by molar-refractivity contribution is 5.64. The molecule has 2 aromatic heterocycles. The van der Waals surface area contributed by atoms with Crippen LogP contribution in [-0.4, -0.2) is 20.4 Å². The number of anilines is 1. The number of hydrogen-bond donors (Lipinski definition) is 3. The summed E-state index contributed by atoms with van der Waals surface area (Å²) in [5.74, 6) is 0. The Hall–Kier alpha value is -2.56. The van der Waals surface area contributed by atoms with Crippen molar-refractivity contribution in [2.75, 3.05) is 5.32 Å². The predicted molar refractivity (Wildman–Crippen MR) is 69.9 cm³/mol. The van der Waals surface area contributed by atoms with Crippen molar-refractivity contribution >= 4 is 5.69 Å². The van der Waals surface area contributed by atoms with Gasteiger partial charge in [-0.15, -0.1) is 0 Å². The molecule has 0 aliphatic rings. The number of nitrogens with zero attached hydrogens (tertiary/aromatic N) is 2. The third-order valence-corrected chi connectivity index (χ3v) is 2.72. The molecule has 0 amide bonds. The summed E-state index contributed by atoms with van der Waals surface area (Å²) in [6.45, 7) is 0.729. The first-order valence-electron chi connectivity index (χ1n) is 5.74. The van der Waals surface area contributed by atoms with Crippen molar-refractivity contribution in [2.45, 2.75) is 6.54 Å². The van der Waals surface area contributed by atoms with E-state index in [1.807, 2.05) is 24.3 Å². The molecule has 0 spiro atoms. The highest BCUT2D eigenvalue weighted by Crippen LogP contribution is 2.20. The first-order chi connectivity index (χ1) is 8.92. The highest BCUT2D eigenvalue weighted by atomic mass is 15.1. The fourth-order valence-corrected chi connectivity index (χ4v) is 1.79. The molecule has 0 bridgehead atoms. The Bertz CT molecular complexity index is 598. The molecule has 0 atom stereocenters. The van der Waals surface area contributed by atoms with Crippen molar-refractivity contribution in [1.29, 1.82) is 0 Å². The summed E-state index contributed by atoms with van der Waals surface area (Å²) in [7, 11) is 0. The van der Waals surface area contributed by atoms with Crippen LogP contribution in [0.15, 0.2) is 48.8 Å². The average molecular weight is 239 g/mol. The summed E-state index contributed by atoms with van der Waals surface area (Å²) in [6, 6.07) is 12.1. The van der Waals surface area contributed by atoms with Gasteiger partial charge in [-0.1, -0.05) is 12.1 Å². The highest BCUT2D eigenvalue weighted by Gasteiger charge is 2.00. The van der Waals surface area contributed by atoms with Gasteiger partial charge in [0.2, 0.25) is 0 Å². The van der Waals surface area contributed by atoms with Crippen LogP contribution in [0, 0.1) is 0 Å². The normalized spacial score (nSPS) is 10.4. The molecular weight excluding hydrogens is 226 g/mol. The van der Waals surface area contributed by atoms with E-state index in [2.05, 4.69) is 37.8 Å². The van der Waals surface area contributed by atoms with Crippen LogP contribution in [0.4, 0.5) is 5.69 Å². The summed E-state index contributed by atoms with van der Waals surface area (Å²) in [5, 5.41) is 17.1. The van der Waals surface area contributed by atoms with E-state index >= 15 is 0 Å². The van der Waals surface area contributed by atoms with Gasteiger partial charge in [0.25, 0.3) is 0 Å². The van der Waals surface area contributed by atoms with Crippen LogP contribution in [0.1, 0.15) is 5.69 Å². The van der Waals surface area contributed by atoms with E-state index in [9.17, 15) is 0 Å². The summed E-state index contributed by atoms with van der Waals surface area (Å²) in [4.78, 5) is 0. The van der Waals surface area contributed by atoms with Crippen molar-refractivity contribution in [3.05, 3.63) is 54.5 Å². The van der Waals surface area contributed by atoms with Crippen LogP contribution in [0.25, 0.3) is 11.3 Å². The largest absolute Gasteiger partial charge is 0.379 e. The van der Waals surface area contributed by atoms with Crippen LogP contribution < -0.4 is 5.32 Å². The molecule has 0 aliphatic heterocycles. The Morgan fingerprint density at radius 3 is 2.67 bits per heavy atom. The van der Waals surface area contributed by atoms with Crippen LogP contribution in [0.5, 0.6) is 0 Å². The topological polar surface area (TPSA) is 69.4 Å². The lowest BCUT2D eigenvalue weighted by molar-refractivity contribution is 0.981. The van der Waals surface area contributed by atoms with Gasteiger partial charge in [0.05, 0.1) is 17.9 Å². The summed E-state index contributed by atoms with van der Waals surface area (Å²) in [5.41, 5.74) is 4.25. The minimum Gasteiger partial charge on any atom is -0.379 e. The second-order valence-corrected chi connectivity index (χ2v) is 3.99. The number of rotatable bonds is 4. The lowest BCUT2D eigenvalue weighted by Gasteiger charge is -2.06. The smallest absolute Gasteiger partial charge is 0.0650 e. The maximum absolute atomic E-state index is 3.96. The number of nitrogens with one attached hydrogen (secondary N) is 3. The van der Waals surface area contributed by atoms with E-state index < -0.39 is 0 Å². The number of aromatic nitrogens is 4. The molecule has 1 aromatic carbocycles. The molecule has 90 valence electrons. The lowest BCUT2D eigenvalue weighted by atomic mass is 10.1. The number of benzene rings is 1. The predicted octanol–water partition coefficient (Wildman–Crippen LogP) is 2.41.